The molecule has 9 nitrogen and oxygen atoms in total. The molecule has 10 heteroatoms. The first-order chi connectivity index (χ1) is 16.6. The largest absolute Gasteiger partial charge is 0.492 e. The molecule has 1 amide bonds. The van der Waals surface area contributed by atoms with Crippen LogP contribution in [0.15, 0.2) is 48.8 Å². The minimum atomic E-state index is -0.509. The Morgan fingerprint density at radius 2 is 2.09 bits per heavy atom. The van der Waals surface area contributed by atoms with Gasteiger partial charge in [0.2, 0.25) is 0 Å². The number of halogens is 1. The Kier molecular flexibility index (Phi) is 5.89. The molecule has 0 spiro atoms. The fourth-order valence-corrected chi connectivity index (χ4v) is 4.31. The van der Waals surface area contributed by atoms with E-state index in [2.05, 4.69) is 20.9 Å². The second-order valence-corrected chi connectivity index (χ2v) is 8.07. The summed E-state index contributed by atoms with van der Waals surface area (Å²) in [5, 5.41) is 14.5. The van der Waals surface area contributed by atoms with Gasteiger partial charge in [-0.15, -0.1) is 0 Å². The number of fused-ring (bicyclic) bond motifs is 3. The van der Waals surface area contributed by atoms with Crippen molar-refractivity contribution in [2.24, 2.45) is 0 Å². The van der Waals surface area contributed by atoms with Crippen LogP contribution < -0.4 is 20.7 Å². The van der Waals surface area contributed by atoms with Crippen LogP contribution in [-0.2, 0) is 4.74 Å². The molecule has 0 unspecified atom stereocenters. The summed E-state index contributed by atoms with van der Waals surface area (Å²) in [5.74, 6) is -0.714. The van der Waals surface area contributed by atoms with Gasteiger partial charge in [-0.1, -0.05) is 18.2 Å². The van der Waals surface area contributed by atoms with Gasteiger partial charge in [-0.2, -0.15) is 5.10 Å². The number of rotatable bonds is 4. The lowest BCUT2D eigenvalue weighted by molar-refractivity contribution is 0.0910. The van der Waals surface area contributed by atoms with Crippen LogP contribution >= 0.6 is 0 Å². The van der Waals surface area contributed by atoms with Crippen molar-refractivity contribution in [3.05, 3.63) is 60.3 Å². The third-order valence-corrected chi connectivity index (χ3v) is 6.03. The number of methoxy groups -OCH3 is 2. The zero-order valence-electron chi connectivity index (χ0n) is 18.8. The first-order valence-corrected chi connectivity index (χ1v) is 11.0. The number of nitrogens with one attached hydrogen (secondary N) is 3. The summed E-state index contributed by atoms with van der Waals surface area (Å²) >= 11 is 0. The zero-order chi connectivity index (χ0) is 23.7. The molecule has 0 aliphatic carbocycles. The fourth-order valence-electron chi connectivity index (χ4n) is 4.31. The Bertz CT molecular complexity index is 1260. The van der Waals surface area contributed by atoms with Crippen LogP contribution in [0.2, 0.25) is 0 Å². The molecule has 0 saturated heterocycles. The standard InChI is InChI=1S/C24H25FN6O3/c1-33-15-6-3-5-14-11-28-24(32)22-21(29-18-8-4-7-17(25)23(18)34-2)20(30-31(14)22)16-9-10-26-13-19(16)27-12-15/h3-4,6-10,13-15,27,29H,5,11-12H2,1-2H3,(H,28,32)/b6-3+/t14-,15+/m1/s1. The number of carbonyl (C=O) groups excluding carboxylic acids is 1. The zero-order valence-corrected chi connectivity index (χ0v) is 18.8. The number of para-hydroxylation sites is 1. The topological polar surface area (TPSA) is 102 Å². The predicted octanol–water partition coefficient (Wildman–Crippen LogP) is 3.51. The average molecular weight is 465 g/mol. The average Bonchev–Trinajstić information content (AvgIpc) is 3.22. The maximum absolute atomic E-state index is 14.4. The van der Waals surface area contributed by atoms with E-state index in [1.165, 1.54) is 13.2 Å². The van der Waals surface area contributed by atoms with E-state index in [0.29, 0.717) is 42.3 Å². The van der Waals surface area contributed by atoms with E-state index >= 15 is 0 Å². The van der Waals surface area contributed by atoms with Gasteiger partial charge < -0.3 is 25.4 Å². The molecule has 3 N–H and O–H groups in total. The summed E-state index contributed by atoms with van der Waals surface area (Å²) in [4.78, 5) is 17.3. The van der Waals surface area contributed by atoms with Gasteiger partial charge in [0.25, 0.3) is 5.91 Å². The van der Waals surface area contributed by atoms with E-state index in [9.17, 15) is 9.18 Å². The quantitative estimate of drug-likeness (QED) is 0.508. The van der Waals surface area contributed by atoms with E-state index < -0.39 is 5.82 Å². The number of aromatic nitrogens is 3. The van der Waals surface area contributed by atoms with Crippen molar-refractivity contribution in [3.8, 4) is 17.0 Å². The first-order valence-electron chi connectivity index (χ1n) is 11.0. The normalized spacial score (nSPS) is 20.1. The molecule has 2 bridgehead atoms. The van der Waals surface area contributed by atoms with Gasteiger partial charge in [0.15, 0.2) is 17.3 Å². The first kappa shape index (κ1) is 21.9. The molecule has 2 aliphatic rings. The molecule has 0 fully saturated rings. The third-order valence-electron chi connectivity index (χ3n) is 6.03. The SMILES string of the molecule is COc1c(F)cccc1Nc1c2nn3c1C(=O)NC[C@H]3C/C=C/[C@H](OC)CNc1cnccc1-2. The number of carbonyl (C=O) groups is 1. The van der Waals surface area contributed by atoms with Crippen LogP contribution in [0.4, 0.5) is 21.5 Å². The maximum Gasteiger partial charge on any atom is 0.271 e. The van der Waals surface area contributed by atoms with Crippen LogP contribution in [0, 0.1) is 5.82 Å². The molecule has 176 valence electrons. The van der Waals surface area contributed by atoms with E-state index in [1.807, 2.05) is 18.2 Å². The second kappa shape index (κ2) is 9.14. The van der Waals surface area contributed by atoms with E-state index in [0.717, 1.165) is 11.3 Å². The number of hydrogen-bond donors (Lipinski definition) is 3. The van der Waals surface area contributed by atoms with Gasteiger partial charge in [-0.05, 0) is 24.6 Å². The van der Waals surface area contributed by atoms with Crippen LogP contribution in [0.1, 0.15) is 23.0 Å². The molecule has 0 saturated carbocycles. The van der Waals surface area contributed by atoms with Gasteiger partial charge in [-0.25, -0.2) is 4.39 Å². The van der Waals surface area contributed by atoms with Crippen LogP contribution in [0.3, 0.4) is 0 Å². The maximum atomic E-state index is 14.4. The molecule has 2 atom stereocenters. The molecule has 3 aromatic rings. The Hall–Kier alpha value is -3.92. The fraction of sp³-hybridized carbons (Fsp3) is 0.292. The number of hydrogen-bond acceptors (Lipinski definition) is 7. The number of ether oxygens (including phenoxy) is 2. The summed E-state index contributed by atoms with van der Waals surface area (Å²) in [7, 11) is 3.07. The smallest absolute Gasteiger partial charge is 0.271 e. The molecular weight excluding hydrogens is 439 g/mol. The highest BCUT2D eigenvalue weighted by Crippen LogP contribution is 2.41. The highest BCUT2D eigenvalue weighted by atomic mass is 19.1. The Morgan fingerprint density at radius 3 is 2.91 bits per heavy atom. The minimum Gasteiger partial charge on any atom is -0.492 e. The van der Waals surface area contributed by atoms with Gasteiger partial charge in [0, 0.05) is 32.0 Å². The second-order valence-electron chi connectivity index (χ2n) is 8.07. The molecule has 1 aromatic carbocycles. The Morgan fingerprint density at radius 1 is 1.21 bits per heavy atom. The third kappa shape index (κ3) is 3.86. The number of amides is 1. The highest BCUT2D eigenvalue weighted by Gasteiger charge is 2.33. The van der Waals surface area contributed by atoms with Gasteiger partial charge in [0.1, 0.15) is 5.69 Å². The van der Waals surface area contributed by atoms with Crippen molar-refractivity contribution in [1.29, 1.82) is 0 Å². The molecule has 5 rings (SSSR count). The van der Waals surface area contributed by atoms with Crippen molar-refractivity contribution in [3.63, 3.8) is 0 Å². The minimum absolute atomic E-state index is 0.0537. The molecule has 4 heterocycles. The van der Waals surface area contributed by atoms with E-state index in [-0.39, 0.29) is 23.8 Å². The number of allylic oxidation sites excluding steroid dienone is 1. The summed E-state index contributed by atoms with van der Waals surface area (Å²) in [6.45, 7) is 0.973. The number of pyridine rings is 1. The molecular formula is C24H25FN6O3. The number of benzene rings is 1. The van der Waals surface area contributed by atoms with Crippen LogP contribution in [0.25, 0.3) is 11.3 Å². The molecule has 2 aromatic heterocycles. The van der Waals surface area contributed by atoms with Gasteiger partial charge in [-0.3, -0.25) is 14.5 Å². The summed E-state index contributed by atoms with van der Waals surface area (Å²) in [6, 6.07) is 6.33. The van der Waals surface area contributed by atoms with Crippen molar-refractivity contribution in [2.75, 3.05) is 37.9 Å². The number of nitrogens with zero attached hydrogens (tertiary/aromatic N) is 3. The predicted molar refractivity (Wildman–Crippen MR) is 126 cm³/mol. The lowest BCUT2D eigenvalue weighted by atomic mass is 10.1. The Balaban J connectivity index is 1.72. The molecule has 0 radical (unpaired) electrons. The van der Waals surface area contributed by atoms with Gasteiger partial charge >= 0.3 is 0 Å². The van der Waals surface area contributed by atoms with Crippen LogP contribution in [0.5, 0.6) is 5.75 Å². The monoisotopic (exact) mass is 464 g/mol. The van der Waals surface area contributed by atoms with Gasteiger partial charge in [0.05, 0.1) is 42.5 Å². The van der Waals surface area contributed by atoms with Crippen molar-refractivity contribution >= 4 is 23.0 Å². The number of anilines is 3. The summed E-state index contributed by atoms with van der Waals surface area (Å²) < 4.78 is 27.0. The van der Waals surface area contributed by atoms with E-state index in [4.69, 9.17) is 14.6 Å². The lowest BCUT2D eigenvalue weighted by Gasteiger charge is -2.25. The summed E-state index contributed by atoms with van der Waals surface area (Å²) in [6.07, 6.45) is 7.93. The lowest BCUT2D eigenvalue weighted by Crippen LogP contribution is -2.39. The van der Waals surface area contributed by atoms with Crippen LogP contribution in [-0.4, -0.2) is 54.1 Å². The Labute approximate surface area is 196 Å². The van der Waals surface area contributed by atoms with E-state index in [1.54, 1.807) is 36.3 Å². The molecule has 34 heavy (non-hydrogen) atoms. The van der Waals surface area contributed by atoms with Crippen molar-refractivity contribution < 1.29 is 18.7 Å². The summed E-state index contributed by atoms with van der Waals surface area (Å²) in [5.41, 5.74) is 3.26. The van der Waals surface area contributed by atoms with Crippen molar-refractivity contribution in [2.45, 2.75) is 18.6 Å². The highest BCUT2D eigenvalue weighted by molar-refractivity contribution is 6.04. The molecule has 2 aliphatic heterocycles. The van der Waals surface area contributed by atoms with Crippen molar-refractivity contribution in [1.82, 2.24) is 20.1 Å².